The average molecular weight is 283 g/mol. The van der Waals surface area contributed by atoms with Crippen LogP contribution in [0.5, 0.6) is 0 Å². The Bertz CT molecular complexity index is 331. The number of carbonyl (C=O) groups is 1. The van der Waals surface area contributed by atoms with Crippen LogP contribution in [0, 0.1) is 11.8 Å². The standard InChI is InChI=1S/C15H29N3O2/c1-6-7-8-12(2)9-13(11-17-18-16)10-14(19)20-15(3,4)5/h12-13H,6-11H2,1-5H3/t12-,13-/m0/s1. The highest BCUT2D eigenvalue weighted by molar-refractivity contribution is 5.70. The lowest BCUT2D eigenvalue weighted by atomic mass is 9.90. The Morgan fingerprint density at radius 2 is 2.05 bits per heavy atom. The topological polar surface area (TPSA) is 75.1 Å². The molecule has 5 nitrogen and oxygen atoms in total. The minimum absolute atomic E-state index is 0.0765. The quantitative estimate of drug-likeness (QED) is 0.262. The molecule has 0 saturated carbocycles. The fraction of sp³-hybridized carbons (Fsp3) is 0.933. The molecule has 20 heavy (non-hydrogen) atoms. The number of hydrogen-bond donors (Lipinski definition) is 0. The zero-order chi connectivity index (χ0) is 15.6. The molecule has 0 aromatic carbocycles. The van der Waals surface area contributed by atoms with E-state index in [0.29, 0.717) is 18.9 Å². The highest BCUT2D eigenvalue weighted by Crippen LogP contribution is 2.22. The van der Waals surface area contributed by atoms with Gasteiger partial charge in [0.15, 0.2) is 0 Å². The lowest BCUT2D eigenvalue weighted by molar-refractivity contribution is -0.156. The summed E-state index contributed by atoms with van der Waals surface area (Å²) < 4.78 is 5.34. The van der Waals surface area contributed by atoms with E-state index in [1.165, 1.54) is 12.8 Å². The molecule has 0 fully saturated rings. The van der Waals surface area contributed by atoms with Gasteiger partial charge in [0.25, 0.3) is 0 Å². The van der Waals surface area contributed by atoms with E-state index in [1.807, 2.05) is 20.8 Å². The van der Waals surface area contributed by atoms with Gasteiger partial charge in [0.2, 0.25) is 0 Å². The number of esters is 1. The van der Waals surface area contributed by atoms with Crippen molar-refractivity contribution in [3.63, 3.8) is 0 Å². The van der Waals surface area contributed by atoms with Crippen LogP contribution in [0.2, 0.25) is 0 Å². The predicted octanol–water partition coefficient (Wildman–Crippen LogP) is 4.86. The monoisotopic (exact) mass is 283 g/mol. The van der Waals surface area contributed by atoms with Gasteiger partial charge in [-0.1, -0.05) is 38.2 Å². The number of unbranched alkanes of at least 4 members (excludes halogenated alkanes) is 1. The Kier molecular flexibility index (Phi) is 9.06. The van der Waals surface area contributed by atoms with Gasteiger partial charge in [-0.25, -0.2) is 0 Å². The molecule has 0 unspecified atom stereocenters. The van der Waals surface area contributed by atoms with E-state index in [9.17, 15) is 4.79 Å². The minimum Gasteiger partial charge on any atom is -0.460 e. The molecule has 0 saturated heterocycles. The van der Waals surface area contributed by atoms with E-state index in [4.69, 9.17) is 10.3 Å². The fourth-order valence-electron chi connectivity index (χ4n) is 2.23. The second kappa shape index (κ2) is 9.65. The average Bonchev–Trinajstić information content (AvgIpc) is 2.31. The summed E-state index contributed by atoms with van der Waals surface area (Å²) in [4.78, 5) is 14.7. The van der Waals surface area contributed by atoms with E-state index in [2.05, 4.69) is 23.9 Å². The number of hydrogen-bond acceptors (Lipinski definition) is 3. The molecule has 2 atom stereocenters. The van der Waals surface area contributed by atoms with Crippen molar-refractivity contribution in [2.45, 2.75) is 72.3 Å². The van der Waals surface area contributed by atoms with Gasteiger partial charge in [0.05, 0.1) is 0 Å². The lowest BCUT2D eigenvalue weighted by Crippen LogP contribution is -2.26. The van der Waals surface area contributed by atoms with Gasteiger partial charge in [0.1, 0.15) is 5.60 Å². The largest absolute Gasteiger partial charge is 0.460 e. The summed E-state index contributed by atoms with van der Waals surface area (Å²) in [7, 11) is 0. The summed E-state index contributed by atoms with van der Waals surface area (Å²) >= 11 is 0. The third kappa shape index (κ3) is 10.7. The molecule has 0 bridgehead atoms. The zero-order valence-electron chi connectivity index (χ0n) is 13.6. The molecule has 0 aliphatic carbocycles. The van der Waals surface area contributed by atoms with Crippen LogP contribution in [0.1, 0.15) is 66.7 Å². The van der Waals surface area contributed by atoms with Crippen molar-refractivity contribution in [3.05, 3.63) is 10.4 Å². The van der Waals surface area contributed by atoms with Gasteiger partial charge in [-0.15, -0.1) is 0 Å². The van der Waals surface area contributed by atoms with E-state index in [1.54, 1.807) is 0 Å². The highest BCUT2D eigenvalue weighted by Gasteiger charge is 2.21. The number of rotatable bonds is 9. The summed E-state index contributed by atoms with van der Waals surface area (Å²) in [6, 6.07) is 0. The summed E-state index contributed by atoms with van der Waals surface area (Å²) in [5, 5.41) is 3.63. The molecule has 0 aliphatic rings. The van der Waals surface area contributed by atoms with Crippen molar-refractivity contribution in [1.82, 2.24) is 0 Å². The second-order valence-corrected chi connectivity index (χ2v) is 6.55. The predicted molar refractivity (Wildman–Crippen MR) is 81.3 cm³/mol. The third-order valence-electron chi connectivity index (χ3n) is 3.06. The Labute approximate surface area is 122 Å². The van der Waals surface area contributed by atoms with E-state index < -0.39 is 5.60 Å². The SMILES string of the molecule is CCCC[C@H](C)C[C@H](CN=[N+]=[N-])CC(=O)OC(C)(C)C. The first-order chi connectivity index (χ1) is 9.28. The first-order valence-electron chi connectivity index (χ1n) is 7.51. The van der Waals surface area contributed by atoms with Crippen LogP contribution in [-0.2, 0) is 9.53 Å². The highest BCUT2D eigenvalue weighted by atomic mass is 16.6. The molecular weight excluding hydrogens is 254 g/mol. The Morgan fingerprint density at radius 3 is 2.55 bits per heavy atom. The van der Waals surface area contributed by atoms with E-state index in [-0.39, 0.29) is 11.9 Å². The normalized spacial score (nSPS) is 14.2. The first-order valence-corrected chi connectivity index (χ1v) is 7.51. The molecule has 0 radical (unpaired) electrons. The number of azide groups is 1. The van der Waals surface area contributed by atoms with Crippen LogP contribution in [0.15, 0.2) is 5.11 Å². The summed E-state index contributed by atoms with van der Waals surface area (Å²) in [6.45, 7) is 10.3. The molecule has 0 N–H and O–H groups in total. The van der Waals surface area contributed by atoms with Crippen molar-refractivity contribution < 1.29 is 9.53 Å². The van der Waals surface area contributed by atoms with Crippen LogP contribution in [0.3, 0.4) is 0 Å². The summed E-state index contributed by atoms with van der Waals surface area (Å²) in [5.41, 5.74) is 7.99. The molecule has 0 amide bonds. The number of ether oxygens (including phenoxy) is 1. The Balaban J connectivity index is 4.40. The van der Waals surface area contributed by atoms with Gasteiger partial charge < -0.3 is 4.74 Å². The van der Waals surface area contributed by atoms with E-state index in [0.717, 1.165) is 12.8 Å². The van der Waals surface area contributed by atoms with Gasteiger partial charge in [0, 0.05) is 17.9 Å². The van der Waals surface area contributed by atoms with Crippen LogP contribution in [0.4, 0.5) is 0 Å². The van der Waals surface area contributed by atoms with Gasteiger partial charge in [-0.3, -0.25) is 4.79 Å². The number of nitrogens with zero attached hydrogens (tertiary/aromatic N) is 3. The van der Waals surface area contributed by atoms with Gasteiger partial charge in [-0.2, -0.15) is 0 Å². The van der Waals surface area contributed by atoms with Crippen molar-refractivity contribution >= 4 is 5.97 Å². The molecule has 0 heterocycles. The smallest absolute Gasteiger partial charge is 0.306 e. The summed E-state index contributed by atoms with van der Waals surface area (Å²) in [6.07, 6.45) is 4.75. The van der Waals surface area contributed by atoms with Crippen molar-refractivity contribution in [3.8, 4) is 0 Å². The fourth-order valence-corrected chi connectivity index (χ4v) is 2.23. The molecule has 5 heteroatoms. The lowest BCUT2D eigenvalue weighted by Gasteiger charge is -2.23. The molecule has 0 aromatic rings. The van der Waals surface area contributed by atoms with Gasteiger partial charge >= 0.3 is 5.97 Å². The van der Waals surface area contributed by atoms with Crippen molar-refractivity contribution in [2.24, 2.45) is 17.0 Å². The zero-order valence-corrected chi connectivity index (χ0v) is 13.6. The summed E-state index contributed by atoms with van der Waals surface area (Å²) in [5.74, 6) is 0.405. The van der Waals surface area contributed by atoms with Crippen LogP contribution < -0.4 is 0 Å². The maximum Gasteiger partial charge on any atom is 0.306 e. The van der Waals surface area contributed by atoms with Crippen LogP contribution >= 0.6 is 0 Å². The molecule has 0 aromatic heterocycles. The molecule has 116 valence electrons. The van der Waals surface area contributed by atoms with Gasteiger partial charge in [-0.05, 0) is 44.6 Å². The molecular formula is C15H29N3O2. The van der Waals surface area contributed by atoms with Crippen LogP contribution in [-0.4, -0.2) is 18.1 Å². The van der Waals surface area contributed by atoms with E-state index >= 15 is 0 Å². The molecule has 0 aliphatic heterocycles. The Hall–Kier alpha value is -1.22. The first kappa shape index (κ1) is 18.8. The van der Waals surface area contributed by atoms with Crippen LogP contribution in [0.25, 0.3) is 10.4 Å². The second-order valence-electron chi connectivity index (χ2n) is 6.55. The number of carbonyl (C=O) groups excluding carboxylic acids is 1. The third-order valence-corrected chi connectivity index (χ3v) is 3.06. The Morgan fingerprint density at radius 1 is 1.40 bits per heavy atom. The maximum absolute atomic E-state index is 11.9. The van der Waals surface area contributed by atoms with Crippen molar-refractivity contribution in [1.29, 1.82) is 0 Å². The molecule has 0 rings (SSSR count). The molecule has 0 spiro atoms. The minimum atomic E-state index is -0.464. The maximum atomic E-state index is 11.9. The van der Waals surface area contributed by atoms with Crippen molar-refractivity contribution in [2.75, 3.05) is 6.54 Å².